The largest absolute Gasteiger partial charge is 0.378 e. The van der Waals surface area contributed by atoms with Crippen molar-refractivity contribution in [2.45, 2.75) is 9.59 Å². The monoisotopic (exact) mass is 430 g/mol. The third-order valence-corrected chi connectivity index (χ3v) is 6.52. The van der Waals surface area contributed by atoms with Crippen molar-refractivity contribution >= 4 is 39.8 Å². The molecule has 1 saturated heterocycles. The van der Waals surface area contributed by atoms with Crippen molar-refractivity contribution in [1.29, 1.82) is 0 Å². The Morgan fingerprint density at radius 2 is 1.93 bits per heavy atom. The minimum absolute atomic E-state index is 0.0411. The van der Waals surface area contributed by atoms with E-state index in [0.717, 1.165) is 5.56 Å². The molecule has 1 amide bonds. The fourth-order valence-electron chi connectivity index (χ4n) is 2.94. The number of thioether (sulfide) groups is 1. The number of hydrogen-bond donors (Lipinski definition) is 1. The van der Waals surface area contributed by atoms with Crippen LogP contribution in [0.4, 0.5) is 15.2 Å². The molecular formula is C20H19FN4O2S2. The number of amides is 1. The van der Waals surface area contributed by atoms with Crippen molar-refractivity contribution in [3.63, 3.8) is 0 Å². The molecule has 0 spiro atoms. The molecule has 4 rings (SSSR count). The first-order valence-corrected chi connectivity index (χ1v) is 10.8. The van der Waals surface area contributed by atoms with Crippen LogP contribution in [0.1, 0.15) is 10.8 Å². The Morgan fingerprint density at radius 3 is 2.69 bits per heavy atom. The van der Waals surface area contributed by atoms with Gasteiger partial charge in [-0.1, -0.05) is 59.5 Å². The highest BCUT2D eigenvalue weighted by molar-refractivity contribution is 8.01. The molecule has 1 atom stereocenters. The zero-order valence-corrected chi connectivity index (χ0v) is 17.1. The second-order valence-corrected chi connectivity index (χ2v) is 8.68. The molecule has 3 aromatic rings. The summed E-state index contributed by atoms with van der Waals surface area (Å²) in [6.45, 7) is 2.29. The molecule has 0 unspecified atom stereocenters. The summed E-state index contributed by atoms with van der Waals surface area (Å²) in [6.07, 6.45) is 0. The van der Waals surface area contributed by atoms with Crippen LogP contribution in [0.15, 0.2) is 58.9 Å². The van der Waals surface area contributed by atoms with Crippen LogP contribution in [0, 0.1) is 5.82 Å². The van der Waals surface area contributed by atoms with E-state index in [9.17, 15) is 9.18 Å². The van der Waals surface area contributed by atoms with Gasteiger partial charge in [0.2, 0.25) is 11.0 Å². The molecule has 6 nitrogen and oxygen atoms in total. The lowest BCUT2D eigenvalue weighted by Gasteiger charge is -2.30. The summed E-state index contributed by atoms with van der Waals surface area (Å²) in [4.78, 5) is 15.0. The number of nitrogens with zero attached hydrogens (tertiary/aromatic N) is 3. The van der Waals surface area contributed by atoms with E-state index >= 15 is 0 Å². The predicted molar refractivity (Wildman–Crippen MR) is 112 cm³/mol. The quantitative estimate of drug-likeness (QED) is 0.594. The van der Waals surface area contributed by atoms with Crippen molar-refractivity contribution in [3.05, 3.63) is 66.0 Å². The van der Waals surface area contributed by atoms with E-state index in [2.05, 4.69) is 15.5 Å². The molecule has 2 heterocycles. The van der Waals surface area contributed by atoms with E-state index in [1.54, 1.807) is 12.1 Å². The molecule has 0 saturated carbocycles. The van der Waals surface area contributed by atoms with Crippen molar-refractivity contribution in [2.24, 2.45) is 0 Å². The lowest BCUT2D eigenvalue weighted by molar-refractivity contribution is -0.134. The third kappa shape index (κ3) is 5.11. The predicted octanol–water partition coefficient (Wildman–Crippen LogP) is 4.11. The van der Waals surface area contributed by atoms with Gasteiger partial charge in [-0.05, 0) is 23.8 Å². The topological polar surface area (TPSA) is 67.4 Å². The standard InChI is InChI=1S/C20H19FN4O2S2/c21-15-7-4-8-16(13-15)22-19-23-24-20(29-19)28-17(14-5-2-1-3-6-14)18(26)25-9-11-27-12-10-25/h1-8,13,17H,9-12H2,(H,22,23)/t17-/m1/s1. The lowest BCUT2D eigenvalue weighted by atomic mass is 10.1. The van der Waals surface area contributed by atoms with Gasteiger partial charge in [0.15, 0.2) is 4.34 Å². The van der Waals surface area contributed by atoms with Gasteiger partial charge in [0, 0.05) is 18.8 Å². The Bertz CT molecular complexity index is 964. The highest BCUT2D eigenvalue weighted by Gasteiger charge is 2.29. The highest BCUT2D eigenvalue weighted by Crippen LogP contribution is 2.39. The van der Waals surface area contributed by atoms with Gasteiger partial charge in [-0.15, -0.1) is 10.2 Å². The van der Waals surface area contributed by atoms with Crippen LogP contribution in [0.3, 0.4) is 0 Å². The van der Waals surface area contributed by atoms with Crippen LogP contribution >= 0.6 is 23.1 Å². The van der Waals surface area contributed by atoms with Crippen molar-refractivity contribution in [3.8, 4) is 0 Å². The summed E-state index contributed by atoms with van der Waals surface area (Å²) in [5, 5.41) is 11.5. The zero-order chi connectivity index (χ0) is 20.1. The average molecular weight is 431 g/mol. The summed E-state index contributed by atoms with van der Waals surface area (Å²) < 4.78 is 19.4. The molecule has 9 heteroatoms. The molecule has 0 bridgehead atoms. The fraction of sp³-hybridized carbons (Fsp3) is 0.250. The second-order valence-electron chi connectivity index (χ2n) is 6.35. The van der Waals surface area contributed by atoms with Gasteiger partial charge < -0.3 is 15.0 Å². The Labute approximate surface area is 176 Å². The molecule has 1 aromatic heterocycles. The number of ether oxygens (including phenoxy) is 1. The molecule has 1 aliphatic heterocycles. The maximum Gasteiger partial charge on any atom is 0.240 e. The number of rotatable bonds is 6. The number of hydrogen-bond acceptors (Lipinski definition) is 7. The smallest absolute Gasteiger partial charge is 0.240 e. The van der Waals surface area contributed by atoms with Crippen LogP contribution in [0.2, 0.25) is 0 Å². The van der Waals surface area contributed by atoms with E-state index < -0.39 is 5.25 Å². The number of benzene rings is 2. The fourth-order valence-corrected chi connectivity index (χ4v) is 4.99. The summed E-state index contributed by atoms with van der Waals surface area (Å²) in [7, 11) is 0. The number of morpholine rings is 1. The molecule has 0 radical (unpaired) electrons. The summed E-state index contributed by atoms with van der Waals surface area (Å²) in [5.74, 6) is -0.284. The molecule has 150 valence electrons. The first-order valence-electron chi connectivity index (χ1n) is 9.13. The molecule has 1 aliphatic rings. The van der Waals surface area contributed by atoms with E-state index in [1.165, 1.54) is 35.2 Å². The Morgan fingerprint density at radius 1 is 1.14 bits per heavy atom. The number of carbonyl (C=O) groups excluding carboxylic acids is 1. The van der Waals surface area contributed by atoms with Crippen LogP contribution in [0.25, 0.3) is 0 Å². The van der Waals surface area contributed by atoms with E-state index in [4.69, 9.17) is 4.74 Å². The molecule has 1 fully saturated rings. The zero-order valence-electron chi connectivity index (χ0n) is 15.5. The van der Waals surface area contributed by atoms with Crippen LogP contribution in [0.5, 0.6) is 0 Å². The minimum Gasteiger partial charge on any atom is -0.378 e. The van der Waals surface area contributed by atoms with E-state index in [1.807, 2.05) is 35.2 Å². The Hall–Kier alpha value is -2.49. The minimum atomic E-state index is -0.413. The first kappa shape index (κ1) is 19.8. The van der Waals surface area contributed by atoms with Gasteiger partial charge in [0.1, 0.15) is 11.1 Å². The van der Waals surface area contributed by atoms with Gasteiger partial charge >= 0.3 is 0 Å². The van der Waals surface area contributed by atoms with Crippen molar-refractivity contribution < 1.29 is 13.9 Å². The normalized spacial score (nSPS) is 15.1. The molecule has 29 heavy (non-hydrogen) atoms. The summed E-state index contributed by atoms with van der Waals surface area (Å²) in [5.41, 5.74) is 1.52. The van der Waals surface area contributed by atoms with Gasteiger partial charge in [-0.25, -0.2) is 4.39 Å². The van der Waals surface area contributed by atoms with Gasteiger partial charge in [0.25, 0.3) is 0 Å². The number of aromatic nitrogens is 2. The summed E-state index contributed by atoms with van der Waals surface area (Å²) in [6, 6.07) is 15.8. The first-order chi connectivity index (χ1) is 14.2. The van der Waals surface area contributed by atoms with E-state index in [0.29, 0.717) is 41.5 Å². The number of carbonyl (C=O) groups is 1. The average Bonchev–Trinajstić information content (AvgIpc) is 3.20. The lowest BCUT2D eigenvalue weighted by Crippen LogP contribution is -2.42. The van der Waals surface area contributed by atoms with Crippen molar-refractivity contribution in [2.75, 3.05) is 31.6 Å². The van der Waals surface area contributed by atoms with Crippen LogP contribution in [-0.4, -0.2) is 47.3 Å². The molecule has 1 N–H and O–H groups in total. The number of halogens is 1. The van der Waals surface area contributed by atoms with Gasteiger partial charge in [-0.2, -0.15) is 0 Å². The second kappa shape index (κ2) is 9.34. The SMILES string of the molecule is O=C([C@H](Sc1nnc(Nc2cccc(F)c2)s1)c1ccccc1)N1CCOCC1. The Balaban J connectivity index is 1.52. The van der Waals surface area contributed by atoms with E-state index in [-0.39, 0.29) is 11.7 Å². The maximum atomic E-state index is 13.4. The Kier molecular flexibility index (Phi) is 6.38. The highest BCUT2D eigenvalue weighted by atomic mass is 32.2. The number of nitrogens with one attached hydrogen (secondary N) is 1. The van der Waals surface area contributed by atoms with Gasteiger partial charge in [-0.3, -0.25) is 4.79 Å². The maximum absolute atomic E-state index is 13.4. The molecule has 0 aliphatic carbocycles. The van der Waals surface area contributed by atoms with Gasteiger partial charge in [0.05, 0.1) is 13.2 Å². The van der Waals surface area contributed by atoms with Crippen LogP contribution in [-0.2, 0) is 9.53 Å². The number of anilines is 2. The summed E-state index contributed by atoms with van der Waals surface area (Å²) >= 11 is 2.71. The van der Waals surface area contributed by atoms with Crippen molar-refractivity contribution in [1.82, 2.24) is 15.1 Å². The van der Waals surface area contributed by atoms with Crippen LogP contribution < -0.4 is 5.32 Å². The third-order valence-electron chi connectivity index (χ3n) is 4.35. The molecule has 2 aromatic carbocycles. The molecular weight excluding hydrogens is 411 g/mol.